The van der Waals surface area contributed by atoms with Gasteiger partial charge in [0, 0.05) is 60.5 Å². The van der Waals surface area contributed by atoms with Gasteiger partial charge in [0.15, 0.2) is 0 Å². The van der Waals surface area contributed by atoms with Crippen LogP contribution < -0.4 is 0 Å². The van der Waals surface area contributed by atoms with E-state index in [9.17, 15) is 0 Å². The van der Waals surface area contributed by atoms with E-state index in [2.05, 4.69) is 155 Å². The van der Waals surface area contributed by atoms with Crippen molar-refractivity contribution in [1.82, 2.24) is 9.13 Å². The van der Waals surface area contributed by atoms with Gasteiger partial charge in [0.05, 0.1) is 22.1 Å². The molecule has 0 spiro atoms. The van der Waals surface area contributed by atoms with Crippen LogP contribution in [0.5, 0.6) is 0 Å². The number of hydrogen-bond acceptors (Lipinski definition) is 2. The highest BCUT2D eigenvalue weighted by atomic mass is 16.3. The fraction of sp³-hybridized carbons (Fsp3) is 0. The fourth-order valence-corrected chi connectivity index (χ4v) is 8.54. The number of aromatic nitrogens is 2. The summed E-state index contributed by atoms with van der Waals surface area (Å²) in [6.07, 6.45) is 0. The fourth-order valence-electron chi connectivity index (χ4n) is 8.54. The van der Waals surface area contributed by atoms with Gasteiger partial charge in [0.25, 0.3) is 0 Å². The molecule has 0 fully saturated rings. The molecular formula is C48H28N2O2. The van der Waals surface area contributed by atoms with Crippen molar-refractivity contribution < 1.29 is 8.83 Å². The van der Waals surface area contributed by atoms with Gasteiger partial charge >= 0.3 is 0 Å². The Kier molecular flexibility index (Phi) is 5.47. The number of benzene rings is 8. The summed E-state index contributed by atoms with van der Waals surface area (Å²) in [5.74, 6) is 0. The molecule has 0 N–H and O–H groups in total. The van der Waals surface area contributed by atoms with Crippen molar-refractivity contribution in [3.05, 3.63) is 170 Å². The van der Waals surface area contributed by atoms with Crippen LogP contribution in [-0.2, 0) is 0 Å². The summed E-state index contributed by atoms with van der Waals surface area (Å²) < 4.78 is 17.5. The molecule has 4 aromatic heterocycles. The van der Waals surface area contributed by atoms with E-state index in [-0.39, 0.29) is 0 Å². The Morgan fingerprint density at radius 3 is 1.48 bits per heavy atom. The van der Waals surface area contributed by atoms with Crippen LogP contribution in [0.25, 0.3) is 110 Å². The zero-order valence-corrected chi connectivity index (χ0v) is 27.9. The van der Waals surface area contributed by atoms with Gasteiger partial charge in [0.1, 0.15) is 22.3 Å². The molecule has 0 radical (unpaired) electrons. The van der Waals surface area contributed by atoms with E-state index >= 15 is 0 Å². The van der Waals surface area contributed by atoms with Crippen LogP contribution in [0.2, 0.25) is 0 Å². The Labute approximate surface area is 296 Å². The molecule has 52 heavy (non-hydrogen) atoms. The molecule has 0 bridgehead atoms. The number of nitrogens with zero attached hydrogens (tertiary/aromatic N) is 2. The van der Waals surface area contributed by atoms with Crippen molar-refractivity contribution in [3.63, 3.8) is 0 Å². The number of furan rings is 2. The highest BCUT2D eigenvalue weighted by Gasteiger charge is 2.20. The van der Waals surface area contributed by atoms with Gasteiger partial charge in [0.2, 0.25) is 0 Å². The summed E-state index contributed by atoms with van der Waals surface area (Å²) in [7, 11) is 0. The third-order valence-electron chi connectivity index (χ3n) is 10.9. The molecule has 0 aliphatic heterocycles. The van der Waals surface area contributed by atoms with Gasteiger partial charge in [-0.2, -0.15) is 0 Å². The van der Waals surface area contributed by atoms with E-state index in [0.29, 0.717) is 0 Å². The Morgan fingerprint density at radius 1 is 0.269 bits per heavy atom. The zero-order valence-electron chi connectivity index (χ0n) is 27.9. The second-order valence-electron chi connectivity index (χ2n) is 13.7. The normalized spacial score (nSPS) is 12.2. The van der Waals surface area contributed by atoms with Crippen LogP contribution in [0, 0.1) is 0 Å². The standard InChI is InChI=1S/C48H28N2O2/c1-3-11-31(12-4-1)49-41-22-20-29(23-36(41)38-27-47-40(26-43(38)49)35-16-8-10-18-46(35)51-47)30-19-21-33-37-25-39-34-15-7-9-17-45(34)52-48(39)28-44(37)50(42(33)24-30)32-13-5-2-6-14-32/h1-28H. The lowest BCUT2D eigenvalue weighted by molar-refractivity contribution is 0.669. The molecular weight excluding hydrogens is 637 g/mol. The molecule has 0 saturated heterocycles. The van der Waals surface area contributed by atoms with E-state index < -0.39 is 0 Å². The molecule has 0 amide bonds. The van der Waals surface area contributed by atoms with Crippen LogP contribution >= 0.6 is 0 Å². The molecule has 0 aliphatic rings. The molecule has 0 aliphatic carbocycles. The van der Waals surface area contributed by atoms with Crippen molar-refractivity contribution in [2.75, 3.05) is 0 Å². The van der Waals surface area contributed by atoms with Crippen molar-refractivity contribution >= 4 is 87.5 Å². The van der Waals surface area contributed by atoms with Gasteiger partial charge in [-0.1, -0.05) is 91.0 Å². The lowest BCUT2D eigenvalue weighted by atomic mass is 10.0. The maximum atomic E-state index is 6.40. The topological polar surface area (TPSA) is 36.1 Å². The first-order valence-electron chi connectivity index (χ1n) is 17.7. The van der Waals surface area contributed by atoms with Gasteiger partial charge in [-0.15, -0.1) is 0 Å². The minimum absolute atomic E-state index is 0.896. The van der Waals surface area contributed by atoms with Gasteiger partial charge < -0.3 is 18.0 Å². The predicted octanol–water partition coefficient (Wildman–Crippen LogP) is 13.3. The monoisotopic (exact) mass is 664 g/mol. The average Bonchev–Trinajstić information content (AvgIpc) is 3.93. The number of hydrogen-bond donors (Lipinski definition) is 0. The maximum absolute atomic E-state index is 6.40. The van der Waals surface area contributed by atoms with Crippen LogP contribution in [0.15, 0.2) is 179 Å². The maximum Gasteiger partial charge on any atom is 0.137 e. The second-order valence-corrected chi connectivity index (χ2v) is 13.7. The summed E-state index contributed by atoms with van der Waals surface area (Å²) in [6, 6.07) is 60.7. The molecule has 0 unspecified atom stereocenters. The van der Waals surface area contributed by atoms with Crippen molar-refractivity contribution in [2.45, 2.75) is 0 Å². The third-order valence-corrected chi connectivity index (χ3v) is 10.9. The lowest BCUT2D eigenvalue weighted by Gasteiger charge is -2.10. The van der Waals surface area contributed by atoms with E-state index in [1.54, 1.807) is 0 Å². The Hall–Kier alpha value is -7.04. The first-order valence-corrected chi connectivity index (χ1v) is 17.7. The molecule has 12 aromatic rings. The lowest BCUT2D eigenvalue weighted by Crippen LogP contribution is -1.93. The van der Waals surface area contributed by atoms with Gasteiger partial charge in [-0.3, -0.25) is 0 Å². The van der Waals surface area contributed by atoms with Crippen molar-refractivity contribution in [3.8, 4) is 22.5 Å². The molecule has 4 nitrogen and oxygen atoms in total. The predicted molar refractivity (Wildman–Crippen MR) is 215 cm³/mol. The van der Waals surface area contributed by atoms with Crippen LogP contribution in [-0.4, -0.2) is 9.13 Å². The summed E-state index contributed by atoms with van der Waals surface area (Å²) in [5, 5.41) is 9.31. The summed E-state index contributed by atoms with van der Waals surface area (Å²) in [5.41, 5.74) is 12.8. The van der Waals surface area contributed by atoms with Gasteiger partial charge in [-0.25, -0.2) is 0 Å². The molecule has 242 valence electrons. The van der Waals surface area contributed by atoms with Crippen LogP contribution in [0.1, 0.15) is 0 Å². The molecule has 0 atom stereocenters. The van der Waals surface area contributed by atoms with E-state index in [4.69, 9.17) is 8.83 Å². The quantitative estimate of drug-likeness (QED) is 0.188. The first-order chi connectivity index (χ1) is 25.8. The molecule has 12 rings (SSSR count). The van der Waals surface area contributed by atoms with E-state index in [0.717, 1.165) is 88.4 Å². The average molecular weight is 665 g/mol. The van der Waals surface area contributed by atoms with E-state index in [1.807, 2.05) is 24.3 Å². The van der Waals surface area contributed by atoms with Crippen LogP contribution in [0.4, 0.5) is 0 Å². The SMILES string of the molecule is c1ccc(-n2c3cc(-c4ccc5c(c4)c4cc6oc7ccccc7c6cc4n5-c4ccccc4)ccc3c3cc4c(cc32)oc2ccccc24)cc1. The zero-order chi connectivity index (χ0) is 33.9. The largest absolute Gasteiger partial charge is 0.456 e. The van der Waals surface area contributed by atoms with Crippen molar-refractivity contribution in [1.29, 1.82) is 0 Å². The summed E-state index contributed by atoms with van der Waals surface area (Å²) >= 11 is 0. The van der Waals surface area contributed by atoms with E-state index in [1.165, 1.54) is 21.5 Å². The Morgan fingerprint density at radius 2 is 0.769 bits per heavy atom. The Bertz CT molecular complexity index is 3400. The van der Waals surface area contributed by atoms with Crippen LogP contribution in [0.3, 0.4) is 0 Å². The smallest absolute Gasteiger partial charge is 0.137 e. The second kappa shape index (κ2) is 10.3. The number of rotatable bonds is 3. The summed E-state index contributed by atoms with van der Waals surface area (Å²) in [6.45, 7) is 0. The summed E-state index contributed by atoms with van der Waals surface area (Å²) in [4.78, 5) is 0. The molecule has 8 aromatic carbocycles. The molecule has 4 heterocycles. The minimum Gasteiger partial charge on any atom is -0.456 e. The van der Waals surface area contributed by atoms with Gasteiger partial charge in [-0.05, 0) is 83.9 Å². The first kappa shape index (κ1) is 27.7. The molecule has 0 saturated carbocycles. The molecule has 4 heteroatoms. The highest BCUT2D eigenvalue weighted by Crippen LogP contribution is 2.42. The van der Waals surface area contributed by atoms with Crippen molar-refractivity contribution in [2.24, 2.45) is 0 Å². The minimum atomic E-state index is 0.896. The number of para-hydroxylation sites is 4. The number of fused-ring (bicyclic) bond motifs is 12. The Balaban J connectivity index is 1.12. The third kappa shape index (κ3) is 3.81. The highest BCUT2D eigenvalue weighted by molar-refractivity contribution is 6.19.